The maximum atomic E-state index is 11.1. The average molecular weight is 192 g/mol. The molecule has 0 fully saturated rings. The number of nitrogens with zero attached hydrogens (tertiary/aromatic N) is 1. The lowest BCUT2D eigenvalue weighted by molar-refractivity contribution is -0.534. The molecular formula is C11H14NO2+. The first kappa shape index (κ1) is 10.6. The van der Waals surface area contributed by atoms with Crippen molar-refractivity contribution in [2.45, 2.75) is 20.3 Å². The van der Waals surface area contributed by atoms with Gasteiger partial charge in [-0.2, -0.15) is 4.24 Å². The average Bonchev–Trinajstić information content (AvgIpc) is 2.02. The smallest absolute Gasteiger partial charge is 0.214 e. The van der Waals surface area contributed by atoms with Gasteiger partial charge in [-0.25, -0.2) is 0 Å². The molecule has 0 aliphatic carbocycles. The minimum Gasteiger partial charge on any atom is -0.412 e. The van der Waals surface area contributed by atoms with Gasteiger partial charge in [0.2, 0.25) is 5.35 Å². The molecule has 1 aromatic rings. The van der Waals surface area contributed by atoms with Crippen LogP contribution in [0.2, 0.25) is 0 Å². The van der Waals surface area contributed by atoms with Gasteiger partial charge in [0, 0.05) is 19.1 Å². The summed E-state index contributed by atoms with van der Waals surface area (Å²) in [5.74, 6) is 0.185. The maximum absolute atomic E-state index is 11.1. The van der Waals surface area contributed by atoms with Crippen LogP contribution in [0.5, 0.6) is 0 Å². The van der Waals surface area contributed by atoms with Crippen molar-refractivity contribution in [2.75, 3.05) is 0 Å². The van der Waals surface area contributed by atoms with Crippen molar-refractivity contribution >= 4 is 11.9 Å². The largest absolute Gasteiger partial charge is 0.412 e. The van der Waals surface area contributed by atoms with Gasteiger partial charge in [-0.15, -0.1) is 0 Å². The highest BCUT2D eigenvalue weighted by atomic mass is 16.1. The van der Waals surface area contributed by atoms with Crippen molar-refractivity contribution in [1.29, 1.82) is 0 Å². The minimum atomic E-state index is 0. The van der Waals surface area contributed by atoms with Gasteiger partial charge in [-0.3, -0.25) is 4.79 Å². The normalized spacial score (nSPS) is 13.4. The molecule has 0 amide bonds. The third-order valence-electron chi connectivity index (χ3n) is 2.25. The Bertz CT molecular complexity index is 489. The maximum Gasteiger partial charge on any atom is 0.214 e. The summed E-state index contributed by atoms with van der Waals surface area (Å²) in [6.45, 7) is 4.09. The van der Waals surface area contributed by atoms with Gasteiger partial charge < -0.3 is 5.48 Å². The molecular weight excluding hydrogens is 178 g/mol. The first-order chi connectivity index (χ1) is 6.16. The molecule has 0 atom stereocenters. The highest BCUT2D eigenvalue weighted by molar-refractivity contribution is 6.06. The Morgan fingerprint density at radius 2 is 2.00 bits per heavy atom. The molecule has 0 saturated carbocycles. The molecule has 0 radical (unpaired) electrons. The number of carbonyl (C=O) groups excluding carboxylic acids is 1. The number of aryl methyl sites for hydroxylation is 2. The molecule has 0 unspecified atom stereocenters. The number of carbonyl (C=O) groups is 1. The van der Waals surface area contributed by atoms with Gasteiger partial charge in [-0.1, -0.05) is 0 Å². The van der Waals surface area contributed by atoms with E-state index in [1.807, 2.05) is 19.2 Å². The lowest BCUT2D eigenvalue weighted by Crippen LogP contribution is -2.43. The quantitative estimate of drug-likeness (QED) is 0.513. The molecule has 1 aliphatic rings. The number of rotatable bonds is 0. The highest BCUT2D eigenvalue weighted by Crippen LogP contribution is 1.95. The van der Waals surface area contributed by atoms with E-state index in [-0.39, 0.29) is 11.3 Å². The van der Waals surface area contributed by atoms with E-state index < -0.39 is 0 Å². The molecule has 3 heteroatoms. The van der Waals surface area contributed by atoms with Crippen LogP contribution in [0, 0.1) is 20.1 Å². The summed E-state index contributed by atoms with van der Waals surface area (Å²) in [5, 5.41) is 0.994. The molecule has 0 saturated heterocycles. The molecule has 2 heterocycles. The Morgan fingerprint density at radius 3 is 2.71 bits per heavy atom. The van der Waals surface area contributed by atoms with Gasteiger partial charge >= 0.3 is 0 Å². The van der Waals surface area contributed by atoms with Crippen molar-refractivity contribution in [3.8, 4) is 0 Å². The number of aromatic nitrogens is 1. The van der Waals surface area contributed by atoms with Crippen LogP contribution < -0.4 is 9.59 Å². The molecule has 1 aromatic heterocycles. The second-order valence-electron chi connectivity index (χ2n) is 3.47. The zero-order chi connectivity index (χ0) is 9.42. The molecule has 0 spiro atoms. The topological polar surface area (TPSA) is 54.5 Å². The van der Waals surface area contributed by atoms with Crippen LogP contribution in [-0.4, -0.2) is 11.3 Å². The van der Waals surface area contributed by atoms with Crippen molar-refractivity contribution in [3.05, 3.63) is 35.0 Å². The second kappa shape index (κ2) is 3.72. The van der Waals surface area contributed by atoms with Crippen LogP contribution in [0.25, 0.3) is 6.08 Å². The molecule has 3 nitrogen and oxygen atoms in total. The Hall–Kier alpha value is -1.48. The van der Waals surface area contributed by atoms with Gasteiger partial charge in [0.25, 0.3) is 0 Å². The lowest BCUT2D eigenvalue weighted by Gasteiger charge is -1.96. The van der Waals surface area contributed by atoms with Crippen LogP contribution in [0.3, 0.4) is 0 Å². The number of fused-ring (bicyclic) bond motifs is 1. The van der Waals surface area contributed by atoms with Crippen molar-refractivity contribution in [2.24, 2.45) is 0 Å². The summed E-state index contributed by atoms with van der Waals surface area (Å²) in [4.78, 5) is 11.1. The summed E-state index contributed by atoms with van der Waals surface area (Å²) in [5.41, 5.74) is 2.38. The molecule has 2 rings (SSSR count). The van der Waals surface area contributed by atoms with Gasteiger partial charge in [-0.05, 0) is 12.5 Å². The van der Waals surface area contributed by atoms with Crippen molar-refractivity contribution in [3.63, 3.8) is 0 Å². The minimum absolute atomic E-state index is 0. The number of Topliss-reactive ketones (excluding diaryl/α,β-unsaturated/α-hetero) is 1. The predicted octanol–water partition coefficient (Wildman–Crippen LogP) is -0.471. The predicted molar refractivity (Wildman–Crippen MR) is 53.1 cm³/mol. The van der Waals surface area contributed by atoms with E-state index in [4.69, 9.17) is 0 Å². The van der Waals surface area contributed by atoms with E-state index in [1.165, 1.54) is 11.3 Å². The Morgan fingerprint density at radius 1 is 1.29 bits per heavy atom. The second-order valence-corrected chi connectivity index (χ2v) is 3.47. The molecule has 14 heavy (non-hydrogen) atoms. The van der Waals surface area contributed by atoms with E-state index in [9.17, 15) is 4.79 Å². The molecule has 0 bridgehead atoms. The first-order valence-corrected chi connectivity index (χ1v) is 4.40. The summed E-state index contributed by atoms with van der Waals surface area (Å²) < 4.78 is 2.06. The standard InChI is InChI=1S/C11H12NO.H2O/c1-8-5-9(2)12-4-3-11(13)7-10(12)6-8;/h4-7H,3H2,1-2H3;1H2/q+1;. The lowest BCUT2D eigenvalue weighted by atomic mass is 10.2. The van der Waals surface area contributed by atoms with Crippen LogP contribution in [0.4, 0.5) is 0 Å². The zero-order valence-corrected chi connectivity index (χ0v) is 8.37. The first-order valence-electron chi connectivity index (χ1n) is 4.40. The fourth-order valence-electron chi connectivity index (χ4n) is 1.71. The van der Waals surface area contributed by atoms with E-state index in [0.717, 1.165) is 5.35 Å². The SMILES string of the molecule is Cc1cc(C)[n+]2c(c1)=CC(=O)CC=2.O. The Labute approximate surface area is 82.3 Å². The van der Waals surface area contributed by atoms with Crippen LogP contribution >= 0.6 is 0 Å². The van der Waals surface area contributed by atoms with E-state index in [2.05, 4.69) is 17.2 Å². The fraction of sp³-hybridized carbons (Fsp3) is 0.273. The molecule has 2 N–H and O–H groups in total. The Kier molecular flexibility index (Phi) is 2.81. The van der Waals surface area contributed by atoms with Gasteiger partial charge in [0.1, 0.15) is 0 Å². The Balaban J connectivity index is 0.000000980. The number of ketones is 1. The molecule has 0 aromatic carbocycles. The van der Waals surface area contributed by atoms with Crippen molar-refractivity contribution < 1.29 is 14.5 Å². The van der Waals surface area contributed by atoms with Crippen molar-refractivity contribution in [1.82, 2.24) is 0 Å². The number of pyridine rings is 1. The third kappa shape index (κ3) is 1.72. The van der Waals surface area contributed by atoms with Crippen LogP contribution in [0.15, 0.2) is 12.1 Å². The third-order valence-corrected chi connectivity index (χ3v) is 2.25. The van der Waals surface area contributed by atoms with Crippen LogP contribution in [0.1, 0.15) is 17.7 Å². The van der Waals surface area contributed by atoms with Crippen LogP contribution in [-0.2, 0) is 4.79 Å². The van der Waals surface area contributed by atoms with Gasteiger partial charge in [0.05, 0.1) is 12.5 Å². The fourth-order valence-corrected chi connectivity index (χ4v) is 1.71. The van der Waals surface area contributed by atoms with Gasteiger partial charge in [0.15, 0.2) is 17.7 Å². The summed E-state index contributed by atoms with van der Waals surface area (Å²) >= 11 is 0. The van der Waals surface area contributed by atoms with E-state index in [1.54, 1.807) is 6.08 Å². The van der Waals surface area contributed by atoms with E-state index >= 15 is 0 Å². The molecule has 74 valence electrons. The molecule has 1 aliphatic heterocycles. The monoisotopic (exact) mass is 192 g/mol. The number of hydrogen-bond acceptors (Lipinski definition) is 1. The highest BCUT2D eigenvalue weighted by Gasteiger charge is 2.10. The zero-order valence-electron chi connectivity index (χ0n) is 8.37. The summed E-state index contributed by atoms with van der Waals surface area (Å²) in [7, 11) is 0. The van der Waals surface area contributed by atoms with E-state index in [0.29, 0.717) is 6.42 Å². The summed E-state index contributed by atoms with van der Waals surface area (Å²) in [6, 6.07) is 4.14. The summed E-state index contributed by atoms with van der Waals surface area (Å²) in [6.07, 6.45) is 4.16. The number of hydrogen-bond donors (Lipinski definition) is 0.